The first-order chi connectivity index (χ1) is 15.6. The van der Waals surface area contributed by atoms with Crippen LogP contribution < -0.4 is 5.32 Å². The van der Waals surface area contributed by atoms with Gasteiger partial charge in [0.2, 0.25) is 11.2 Å². The number of fused-ring (bicyclic) bond motifs is 1. The Hall–Kier alpha value is -3.23. The summed E-state index contributed by atoms with van der Waals surface area (Å²) in [5.41, 5.74) is 3.50. The van der Waals surface area contributed by atoms with E-state index in [-0.39, 0.29) is 23.3 Å². The average Bonchev–Trinajstić information content (AvgIpc) is 3.43. The molecule has 0 unspecified atom stereocenters. The molecule has 3 aromatic heterocycles. The van der Waals surface area contributed by atoms with Crippen molar-refractivity contribution in [1.29, 1.82) is 0 Å². The molecule has 5 rings (SSSR count). The van der Waals surface area contributed by atoms with E-state index in [1.165, 1.54) is 6.07 Å². The lowest BCUT2D eigenvalue weighted by molar-refractivity contribution is -0.115. The summed E-state index contributed by atoms with van der Waals surface area (Å²) in [6.45, 7) is 0. The van der Waals surface area contributed by atoms with Crippen LogP contribution in [-0.4, -0.2) is 31.2 Å². The molecule has 0 spiro atoms. The zero-order valence-electron chi connectivity index (χ0n) is 16.8. The molecule has 1 amide bonds. The molecular weight excluding hydrogens is 449 g/mol. The highest BCUT2D eigenvalue weighted by Gasteiger charge is 2.20. The van der Waals surface area contributed by atoms with E-state index in [4.69, 9.17) is 11.6 Å². The van der Waals surface area contributed by atoms with Gasteiger partial charge in [-0.1, -0.05) is 12.1 Å². The van der Waals surface area contributed by atoms with Gasteiger partial charge in [0.1, 0.15) is 11.5 Å². The fourth-order valence-electron chi connectivity index (χ4n) is 3.64. The number of rotatable bonds is 5. The summed E-state index contributed by atoms with van der Waals surface area (Å²) < 4.78 is 16.3. The number of hydrogen-bond donors (Lipinski definition) is 1. The molecule has 0 bridgehead atoms. The molecule has 1 aliphatic rings. The molecule has 0 aliphatic carbocycles. The molecule has 0 saturated carbocycles. The summed E-state index contributed by atoms with van der Waals surface area (Å²) in [4.78, 5) is 21.8. The van der Waals surface area contributed by atoms with Crippen molar-refractivity contribution in [3.63, 3.8) is 0 Å². The van der Waals surface area contributed by atoms with E-state index < -0.39 is 5.82 Å². The number of nitrogens with one attached hydrogen (secondary N) is 1. The minimum absolute atomic E-state index is 0.111. The normalized spacial score (nSPS) is 13.4. The third kappa shape index (κ3) is 4.11. The van der Waals surface area contributed by atoms with E-state index in [0.29, 0.717) is 17.0 Å². The Kier molecular flexibility index (Phi) is 5.63. The van der Waals surface area contributed by atoms with Gasteiger partial charge in [-0.3, -0.25) is 4.79 Å². The van der Waals surface area contributed by atoms with Gasteiger partial charge < -0.3 is 5.32 Å². The van der Waals surface area contributed by atoms with Crippen LogP contribution in [0.15, 0.2) is 65.8 Å². The molecule has 1 aromatic carbocycles. The third-order valence-corrected chi connectivity index (χ3v) is 6.35. The van der Waals surface area contributed by atoms with Gasteiger partial charge in [-0.2, -0.15) is 5.10 Å². The number of thioether (sulfide) groups is 1. The number of pyridine rings is 1. The van der Waals surface area contributed by atoms with Crippen molar-refractivity contribution >= 4 is 40.5 Å². The van der Waals surface area contributed by atoms with E-state index in [1.54, 1.807) is 40.7 Å². The molecule has 6 nitrogen and oxygen atoms in total. The minimum atomic E-state index is -0.509. The third-order valence-electron chi connectivity index (χ3n) is 5.05. The Balaban J connectivity index is 1.56. The summed E-state index contributed by atoms with van der Waals surface area (Å²) in [5.74, 6) is 0.223. The fraction of sp³-hybridized carbons (Fsp3) is 0.130. The molecule has 32 heavy (non-hydrogen) atoms. The van der Waals surface area contributed by atoms with Crippen LogP contribution in [0.25, 0.3) is 28.0 Å². The van der Waals surface area contributed by atoms with Crippen LogP contribution in [0.3, 0.4) is 0 Å². The van der Waals surface area contributed by atoms with E-state index >= 15 is 0 Å². The van der Waals surface area contributed by atoms with E-state index in [9.17, 15) is 9.18 Å². The fourth-order valence-corrected chi connectivity index (χ4v) is 4.75. The van der Waals surface area contributed by atoms with E-state index in [0.717, 1.165) is 28.2 Å². The van der Waals surface area contributed by atoms with Gasteiger partial charge in [0.05, 0.1) is 28.9 Å². The van der Waals surface area contributed by atoms with Crippen molar-refractivity contribution in [2.45, 2.75) is 12.8 Å². The lowest BCUT2D eigenvalue weighted by Crippen LogP contribution is -2.12. The predicted molar refractivity (Wildman–Crippen MR) is 125 cm³/mol. The Morgan fingerprint density at radius 3 is 2.97 bits per heavy atom. The number of carbonyl (C=O) groups excluding carboxylic acids is 1. The summed E-state index contributed by atoms with van der Waals surface area (Å²) >= 11 is 7.69. The minimum Gasteiger partial charge on any atom is -0.323 e. The molecule has 9 heteroatoms. The summed E-state index contributed by atoms with van der Waals surface area (Å²) in [6, 6.07) is 12.0. The predicted octanol–water partition coefficient (Wildman–Crippen LogP) is 5.60. The lowest BCUT2D eigenvalue weighted by Gasteiger charge is -2.09. The van der Waals surface area contributed by atoms with Gasteiger partial charge in [-0.15, -0.1) is 11.8 Å². The number of anilines is 1. The van der Waals surface area contributed by atoms with Crippen molar-refractivity contribution in [2.75, 3.05) is 11.1 Å². The number of nitrogens with zero attached hydrogens (tertiary/aromatic N) is 4. The monoisotopic (exact) mass is 465 g/mol. The van der Waals surface area contributed by atoms with Crippen molar-refractivity contribution < 1.29 is 9.18 Å². The molecule has 1 aliphatic heterocycles. The lowest BCUT2D eigenvalue weighted by atomic mass is 10.0. The largest absolute Gasteiger partial charge is 0.323 e. The molecular formula is C23H17ClFN5OS. The van der Waals surface area contributed by atoms with Crippen LogP contribution in [0.5, 0.6) is 0 Å². The smallest absolute Gasteiger partial charge is 0.229 e. The number of hydrogen-bond acceptors (Lipinski definition) is 5. The highest BCUT2D eigenvalue weighted by molar-refractivity contribution is 8.03. The second kappa shape index (κ2) is 8.72. The maximum absolute atomic E-state index is 14.5. The molecule has 0 radical (unpaired) electrons. The van der Waals surface area contributed by atoms with Gasteiger partial charge >= 0.3 is 0 Å². The maximum atomic E-state index is 14.5. The van der Waals surface area contributed by atoms with Gasteiger partial charge in [-0.25, -0.2) is 18.9 Å². The van der Waals surface area contributed by atoms with Crippen LogP contribution in [-0.2, 0) is 4.79 Å². The number of amides is 1. The SMILES string of the molecule is O=C(CC1=CCCS1)Nc1cc(-c2nn3ccccc3c2-c2ccnc(Cl)n2)ccc1F. The molecule has 160 valence electrons. The highest BCUT2D eigenvalue weighted by Crippen LogP contribution is 2.36. The number of halogens is 2. The number of aromatic nitrogens is 4. The first-order valence-corrected chi connectivity index (χ1v) is 11.3. The molecule has 0 atom stereocenters. The van der Waals surface area contributed by atoms with Crippen molar-refractivity contribution in [1.82, 2.24) is 19.6 Å². The maximum Gasteiger partial charge on any atom is 0.229 e. The van der Waals surface area contributed by atoms with Gasteiger partial charge in [0.15, 0.2) is 0 Å². The first-order valence-electron chi connectivity index (χ1n) is 9.96. The first kappa shape index (κ1) is 20.7. The summed E-state index contributed by atoms with van der Waals surface area (Å²) in [5, 5.41) is 7.51. The number of allylic oxidation sites excluding steroid dienone is 1. The number of carbonyl (C=O) groups is 1. The van der Waals surface area contributed by atoms with Gasteiger partial charge in [0, 0.05) is 23.7 Å². The Morgan fingerprint density at radius 1 is 1.25 bits per heavy atom. The van der Waals surface area contributed by atoms with Crippen molar-refractivity contribution in [3.05, 3.63) is 76.9 Å². The molecule has 0 fully saturated rings. The van der Waals surface area contributed by atoms with E-state index in [1.807, 2.05) is 30.5 Å². The topological polar surface area (TPSA) is 72.2 Å². The quantitative estimate of drug-likeness (QED) is 0.388. The van der Waals surface area contributed by atoms with Crippen LogP contribution >= 0.6 is 23.4 Å². The van der Waals surface area contributed by atoms with Gasteiger partial charge in [0.25, 0.3) is 0 Å². The standard InChI is InChI=1S/C23H17ClFN5OS/c24-23-26-9-8-17(28-23)21-19-5-1-2-10-30(19)29-22(21)14-6-7-16(25)18(12-14)27-20(31)13-15-4-3-11-32-15/h1-2,4-10,12H,3,11,13H2,(H,27,31). The Bertz CT molecular complexity index is 1370. The Labute approximate surface area is 192 Å². The number of benzene rings is 1. The zero-order valence-corrected chi connectivity index (χ0v) is 18.3. The zero-order chi connectivity index (χ0) is 22.1. The molecule has 4 aromatic rings. The summed E-state index contributed by atoms with van der Waals surface area (Å²) in [7, 11) is 0. The van der Waals surface area contributed by atoms with Crippen molar-refractivity contribution in [3.8, 4) is 22.5 Å². The van der Waals surface area contributed by atoms with Crippen LogP contribution in [0, 0.1) is 5.82 Å². The van der Waals surface area contributed by atoms with Crippen LogP contribution in [0.2, 0.25) is 5.28 Å². The second-order valence-corrected chi connectivity index (χ2v) is 8.75. The van der Waals surface area contributed by atoms with Crippen LogP contribution in [0.1, 0.15) is 12.8 Å². The van der Waals surface area contributed by atoms with Crippen LogP contribution in [0.4, 0.5) is 10.1 Å². The average molecular weight is 466 g/mol. The van der Waals surface area contributed by atoms with Gasteiger partial charge in [-0.05, 0) is 59.3 Å². The van der Waals surface area contributed by atoms with E-state index in [2.05, 4.69) is 20.4 Å². The van der Waals surface area contributed by atoms with Crippen molar-refractivity contribution in [2.24, 2.45) is 0 Å². The Morgan fingerprint density at radius 2 is 2.16 bits per heavy atom. The molecule has 4 heterocycles. The second-order valence-electron chi connectivity index (χ2n) is 7.19. The summed E-state index contributed by atoms with van der Waals surface area (Å²) in [6.07, 6.45) is 6.65. The highest BCUT2D eigenvalue weighted by atomic mass is 35.5. The molecule has 1 N–H and O–H groups in total. The molecule has 0 saturated heterocycles.